The molecule has 0 unspecified atom stereocenters. The minimum absolute atomic E-state index is 0.0151. The number of piperazine rings is 1. The van der Waals surface area contributed by atoms with Crippen LogP contribution in [0.5, 0.6) is 0 Å². The number of carboxylic acid groups (broad SMARTS) is 1. The summed E-state index contributed by atoms with van der Waals surface area (Å²) in [5.74, 6) is -0.800. The van der Waals surface area contributed by atoms with Crippen LogP contribution in [0.1, 0.15) is 27.0 Å². The van der Waals surface area contributed by atoms with Crippen LogP contribution in [-0.4, -0.2) is 65.3 Å². The number of anilines is 1. The topological polar surface area (TPSA) is 95.7 Å². The minimum Gasteiger partial charge on any atom is -0.478 e. The molecule has 6 rings (SSSR count). The van der Waals surface area contributed by atoms with Gasteiger partial charge in [-0.25, -0.2) is 17.9 Å². The molecule has 4 aromatic carbocycles. The van der Waals surface area contributed by atoms with E-state index in [-0.39, 0.29) is 18.7 Å². The lowest BCUT2D eigenvalue weighted by atomic mass is 9.77. The zero-order valence-corrected chi connectivity index (χ0v) is 24.0. The second kappa shape index (κ2) is 11.1. The van der Waals surface area contributed by atoms with Gasteiger partial charge in [-0.15, -0.1) is 0 Å². The van der Waals surface area contributed by atoms with Gasteiger partial charge in [0.25, 0.3) is 0 Å². The molecule has 1 aliphatic rings. The van der Waals surface area contributed by atoms with Gasteiger partial charge in [-0.2, -0.15) is 22.6 Å². The van der Waals surface area contributed by atoms with Crippen LogP contribution in [0.4, 0.5) is 19.0 Å². The highest BCUT2D eigenvalue weighted by atomic mass is 32.2. The van der Waals surface area contributed by atoms with Crippen molar-refractivity contribution < 1.29 is 31.5 Å². The first kappa shape index (κ1) is 29.4. The molecule has 0 spiro atoms. The minimum atomic E-state index is -5.49. The second-order valence-electron chi connectivity index (χ2n) is 10.4. The summed E-state index contributed by atoms with van der Waals surface area (Å²) in [6.07, 6.45) is 0. The van der Waals surface area contributed by atoms with Crippen molar-refractivity contribution in [1.82, 2.24) is 14.1 Å². The molecule has 8 nitrogen and oxygen atoms in total. The summed E-state index contributed by atoms with van der Waals surface area (Å²) in [6.45, 7) is -0.965. The number of sulfonamides is 1. The Morgan fingerprint density at radius 3 is 1.64 bits per heavy atom. The van der Waals surface area contributed by atoms with E-state index in [1.165, 1.54) is 12.1 Å². The fourth-order valence-corrected chi connectivity index (χ4v) is 6.85. The number of halogens is 3. The van der Waals surface area contributed by atoms with Crippen LogP contribution in [0, 0.1) is 0 Å². The first-order valence-electron chi connectivity index (χ1n) is 13.8. The van der Waals surface area contributed by atoms with Crippen molar-refractivity contribution in [2.75, 3.05) is 31.1 Å². The van der Waals surface area contributed by atoms with E-state index < -0.39 is 40.1 Å². The smallest absolute Gasteiger partial charge is 0.478 e. The summed E-state index contributed by atoms with van der Waals surface area (Å²) >= 11 is 0. The lowest BCUT2D eigenvalue weighted by Gasteiger charge is -2.37. The van der Waals surface area contributed by atoms with E-state index in [0.29, 0.717) is 21.0 Å². The standard InChI is InChI=1S/C32H27F3N4O4S/c33-32(34,35)44(42,43)38-20-18-37(19-21-38)29-27-22-23(30(40)41)16-17-28(27)39(36-29)31(24-10-4-1-5-11-24,25-12-6-2-7-13-25)26-14-8-3-9-15-26/h1-17,22H,18-21H2,(H,40,41). The first-order valence-corrected chi connectivity index (χ1v) is 15.2. The lowest BCUT2D eigenvalue weighted by Crippen LogP contribution is -2.52. The molecule has 0 amide bonds. The largest absolute Gasteiger partial charge is 0.511 e. The number of aromatic nitrogens is 2. The second-order valence-corrected chi connectivity index (χ2v) is 12.3. The van der Waals surface area contributed by atoms with E-state index in [4.69, 9.17) is 5.10 Å². The van der Waals surface area contributed by atoms with Gasteiger partial charge in [-0.1, -0.05) is 91.0 Å². The summed E-state index contributed by atoms with van der Waals surface area (Å²) in [5, 5.41) is 15.4. The van der Waals surface area contributed by atoms with Gasteiger partial charge < -0.3 is 10.0 Å². The SMILES string of the molecule is O=C(O)c1ccc2c(c1)c(N1CCN(S(=O)(=O)C(F)(F)F)CC1)nn2C(c1ccccc1)(c1ccccc1)c1ccccc1. The van der Waals surface area contributed by atoms with Gasteiger partial charge in [0.15, 0.2) is 5.82 Å². The third-order valence-electron chi connectivity index (χ3n) is 7.97. The number of aromatic carboxylic acids is 1. The van der Waals surface area contributed by atoms with Crippen molar-refractivity contribution in [3.05, 3.63) is 131 Å². The van der Waals surface area contributed by atoms with Crippen molar-refractivity contribution in [2.24, 2.45) is 0 Å². The Hall–Kier alpha value is -4.68. The van der Waals surface area contributed by atoms with Gasteiger partial charge in [0.05, 0.1) is 11.1 Å². The molecule has 5 aromatic rings. The molecule has 0 aliphatic carbocycles. The molecular weight excluding hydrogens is 593 g/mol. The average Bonchev–Trinajstić information content (AvgIpc) is 3.42. The van der Waals surface area contributed by atoms with Crippen molar-refractivity contribution in [3.8, 4) is 0 Å². The van der Waals surface area contributed by atoms with Crippen LogP contribution < -0.4 is 4.90 Å². The Morgan fingerprint density at radius 2 is 1.20 bits per heavy atom. The van der Waals surface area contributed by atoms with E-state index >= 15 is 0 Å². The highest BCUT2D eigenvalue weighted by Crippen LogP contribution is 2.44. The van der Waals surface area contributed by atoms with Gasteiger partial charge >= 0.3 is 21.5 Å². The number of benzene rings is 4. The number of fused-ring (bicyclic) bond motifs is 1. The molecule has 1 N–H and O–H groups in total. The number of hydrogen-bond donors (Lipinski definition) is 1. The Balaban J connectivity index is 1.60. The van der Waals surface area contributed by atoms with Gasteiger partial charge in [0.2, 0.25) is 0 Å². The van der Waals surface area contributed by atoms with Crippen LogP contribution in [-0.2, 0) is 15.6 Å². The Morgan fingerprint density at radius 1 is 0.727 bits per heavy atom. The number of carbonyl (C=O) groups is 1. The molecule has 226 valence electrons. The van der Waals surface area contributed by atoms with Crippen molar-refractivity contribution in [2.45, 2.75) is 11.0 Å². The molecule has 2 heterocycles. The number of rotatable bonds is 7. The predicted molar refractivity (Wildman–Crippen MR) is 160 cm³/mol. The van der Waals surface area contributed by atoms with Gasteiger partial charge in [0.1, 0.15) is 5.54 Å². The summed E-state index contributed by atoms with van der Waals surface area (Å²) in [4.78, 5) is 13.7. The summed E-state index contributed by atoms with van der Waals surface area (Å²) < 4.78 is 66.2. The van der Waals surface area contributed by atoms with E-state index in [9.17, 15) is 31.5 Å². The van der Waals surface area contributed by atoms with Crippen molar-refractivity contribution >= 4 is 32.7 Å². The summed E-state index contributed by atoms with van der Waals surface area (Å²) in [7, 11) is -5.49. The van der Waals surface area contributed by atoms with E-state index in [0.717, 1.165) is 16.7 Å². The number of hydrogen-bond acceptors (Lipinski definition) is 5. The fraction of sp³-hybridized carbons (Fsp3) is 0.188. The highest BCUT2D eigenvalue weighted by molar-refractivity contribution is 7.90. The normalized spacial score (nSPS) is 15.0. The van der Waals surface area contributed by atoms with Gasteiger partial charge in [-0.05, 0) is 34.9 Å². The predicted octanol–water partition coefficient (Wildman–Crippen LogP) is 5.55. The molecule has 1 fully saturated rings. The Kier molecular flexibility index (Phi) is 7.42. The van der Waals surface area contributed by atoms with Gasteiger partial charge in [0, 0.05) is 31.6 Å². The first-order chi connectivity index (χ1) is 21.0. The van der Waals surface area contributed by atoms with Gasteiger partial charge in [-0.3, -0.25) is 0 Å². The Bertz CT molecular complexity index is 1810. The summed E-state index contributed by atoms with van der Waals surface area (Å²) in [6, 6.07) is 33.8. The molecule has 0 atom stereocenters. The lowest BCUT2D eigenvalue weighted by molar-refractivity contribution is -0.0490. The van der Waals surface area contributed by atoms with Crippen molar-refractivity contribution in [1.29, 1.82) is 0 Å². The van der Waals surface area contributed by atoms with E-state index in [2.05, 4.69) is 0 Å². The molecule has 1 saturated heterocycles. The van der Waals surface area contributed by atoms with Crippen LogP contribution in [0.2, 0.25) is 0 Å². The van der Waals surface area contributed by atoms with E-state index in [1.807, 2.05) is 95.7 Å². The Labute approximate surface area is 251 Å². The fourth-order valence-electron chi connectivity index (χ4n) is 5.92. The zero-order valence-electron chi connectivity index (χ0n) is 23.2. The van der Waals surface area contributed by atoms with Crippen LogP contribution in [0.15, 0.2) is 109 Å². The number of carboxylic acids is 1. The van der Waals surface area contributed by atoms with Crippen LogP contribution in [0.25, 0.3) is 10.9 Å². The maximum Gasteiger partial charge on any atom is 0.511 e. The highest BCUT2D eigenvalue weighted by Gasteiger charge is 2.50. The molecule has 0 radical (unpaired) electrons. The molecular formula is C32H27F3N4O4S. The van der Waals surface area contributed by atoms with Crippen LogP contribution >= 0.6 is 0 Å². The third kappa shape index (κ3) is 4.80. The maximum absolute atomic E-state index is 13.3. The monoisotopic (exact) mass is 620 g/mol. The number of nitrogens with zero attached hydrogens (tertiary/aromatic N) is 4. The molecule has 44 heavy (non-hydrogen) atoms. The molecule has 1 aromatic heterocycles. The molecule has 12 heteroatoms. The number of alkyl halides is 3. The molecule has 1 aliphatic heterocycles. The van der Waals surface area contributed by atoms with Crippen molar-refractivity contribution in [3.63, 3.8) is 0 Å². The average molecular weight is 621 g/mol. The third-order valence-corrected chi connectivity index (χ3v) is 9.60. The quantitative estimate of drug-likeness (QED) is 0.240. The maximum atomic E-state index is 13.3. The molecule has 0 bridgehead atoms. The molecule has 0 saturated carbocycles. The van der Waals surface area contributed by atoms with E-state index in [1.54, 1.807) is 11.0 Å². The zero-order chi connectivity index (χ0) is 31.1. The van der Waals surface area contributed by atoms with Crippen LogP contribution in [0.3, 0.4) is 0 Å². The summed E-state index contributed by atoms with van der Waals surface area (Å²) in [5.41, 5.74) is -3.23.